The van der Waals surface area contributed by atoms with Gasteiger partial charge in [0.1, 0.15) is 4.90 Å². The van der Waals surface area contributed by atoms with Gasteiger partial charge in [-0.2, -0.15) is 4.98 Å². The van der Waals surface area contributed by atoms with E-state index < -0.39 is 10.8 Å². The van der Waals surface area contributed by atoms with Crippen molar-refractivity contribution < 1.29 is 13.7 Å². The van der Waals surface area contributed by atoms with Gasteiger partial charge in [0.2, 0.25) is 5.28 Å². The second-order valence-corrected chi connectivity index (χ2v) is 7.07. The zero-order valence-electron chi connectivity index (χ0n) is 13.0. The van der Waals surface area contributed by atoms with Crippen LogP contribution in [0.15, 0.2) is 29.2 Å². The Morgan fingerprint density at radius 1 is 1.33 bits per heavy atom. The molecule has 1 N–H and O–H groups in total. The molecule has 8 heteroatoms. The molecular formula is C16H16ClN3O3S. The van der Waals surface area contributed by atoms with Crippen LogP contribution < -0.4 is 5.32 Å². The number of ether oxygens (including phenoxy) is 1. The second-order valence-electron chi connectivity index (χ2n) is 5.22. The molecule has 24 heavy (non-hydrogen) atoms. The summed E-state index contributed by atoms with van der Waals surface area (Å²) < 4.78 is 17.0. The average molecular weight is 366 g/mol. The van der Waals surface area contributed by atoms with Crippen LogP contribution in [0.2, 0.25) is 5.28 Å². The zero-order chi connectivity index (χ0) is 17.1. The van der Waals surface area contributed by atoms with E-state index in [0.29, 0.717) is 29.5 Å². The van der Waals surface area contributed by atoms with Crippen LogP contribution in [0.3, 0.4) is 0 Å². The lowest BCUT2D eigenvalue weighted by Crippen LogP contribution is -2.07. The number of fused-ring (bicyclic) bond motifs is 1. The summed E-state index contributed by atoms with van der Waals surface area (Å²) in [5, 5.41) is 3.27. The molecule has 1 aliphatic rings. The van der Waals surface area contributed by atoms with E-state index >= 15 is 0 Å². The molecule has 1 unspecified atom stereocenters. The van der Waals surface area contributed by atoms with Crippen LogP contribution in [-0.2, 0) is 33.2 Å². The highest BCUT2D eigenvalue weighted by atomic mass is 35.5. The SMILES string of the molecule is CCOC(=O)Cc1ccc(Nc2nc(Cl)nc3c2S(=O)CC3)cc1. The van der Waals surface area contributed by atoms with E-state index in [9.17, 15) is 9.00 Å². The number of rotatable bonds is 5. The quantitative estimate of drug-likeness (QED) is 0.648. The third kappa shape index (κ3) is 3.73. The van der Waals surface area contributed by atoms with Gasteiger partial charge in [-0.25, -0.2) is 4.98 Å². The highest BCUT2D eigenvalue weighted by Crippen LogP contribution is 2.30. The monoisotopic (exact) mass is 365 g/mol. The second kappa shape index (κ2) is 7.27. The van der Waals surface area contributed by atoms with E-state index in [4.69, 9.17) is 16.3 Å². The van der Waals surface area contributed by atoms with E-state index in [1.54, 1.807) is 6.92 Å². The Hall–Kier alpha value is -1.99. The summed E-state index contributed by atoms with van der Waals surface area (Å²) in [5.41, 5.74) is 2.35. The summed E-state index contributed by atoms with van der Waals surface area (Å²) in [6.45, 7) is 2.15. The summed E-state index contributed by atoms with van der Waals surface area (Å²) in [6, 6.07) is 7.32. The predicted octanol–water partition coefficient (Wildman–Crippen LogP) is 2.64. The van der Waals surface area contributed by atoms with Crippen molar-refractivity contribution in [3.05, 3.63) is 40.8 Å². The number of carbonyl (C=O) groups is 1. The van der Waals surface area contributed by atoms with Gasteiger partial charge in [-0.3, -0.25) is 9.00 Å². The third-order valence-electron chi connectivity index (χ3n) is 3.53. The Morgan fingerprint density at radius 2 is 2.08 bits per heavy atom. The lowest BCUT2D eigenvalue weighted by atomic mass is 10.1. The van der Waals surface area contributed by atoms with Gasteiger partial charge >= 0.3 is 5.97 Å². The Balaban J connectivity index is 1.78. The van der Waals surface area contributed by atoms with Gasteiger partial charge in [0.25, 0.3) is 0 Å². The molecule has 6 nitrogen and oxygen atoms in total. The minimum Gasteiger partial charge on any atom is -0.466 e. The molecule has 0 spiro atoms. The van der Waals surface area contributed by atoms with Gasteiger partial charge in [-0.1, -0.05) is 12.1 Å². The van der Waals surface area contributed by atoms with Crippen molar-refractivity contribution in [3.8, 4) is 0 Å². The topological polar surface area (TPSA) is 81.2 Å². The summed E-state index contributed by atoms with van der Waals surface area (Å²) in [4.78, 5) is 20.4. The van der Waals surface area contributed by atoms with Gasteiger partial charge in [-0.15, -0.1) is 0 Å². The smallest absolute Gasteiger partial charge is 0.310 e. The van der Waals surface area contributed by atoms with Gasteiger partial charge in [0.05, 0.1) is 29.5 Å². The molecule has 0 aliphatic carbocycles. The summed E-state index contributed by atoms with van der Waals surface area (Å²) in [7, 11) is -1.11. The fourth-order valence-electron chi connectivity index (χ4n) is 2.47. The van der Waals surface area contributed by atoms with Crippen molar-refractivity contribution >= 4 is 39.9 Å². The standard InChI is InChI=1S/C16H16ClN3O3S/c1-2-23-13(21)9-10-3-5-11(6-4-10)18-15-14-12(7-8-24(14)22)19-16(17)20-15/h3-6H,2,7-9H2,1H3,(H,18,19,20). The first-order chi connectivity index (χ1) is 11.6. The molecule has 2 heterocycles. The first kappa shape index (κ1) is 16.9. The Morgan fingerprint density at radius 3 is 2.79 bits per heavy atom. The molecule has 0 radical (unpaired) electrons. The molecule has 126 valence electrons. The largest absolute Gasteiger partial charge is 0.466 e. The maximum absolute atomic E-state index is 12.1. The minimum atomic E-state index is -1.11. The summed E-state index contributed by atoms with van der Waals surface area (Å²) in [5.74, 6) is 0.755. The van der Waals surface area contributed by atoms with E-state index in [1.165, 1.54) is 0 Å². The van der Waals surface area contributed by atoms with Crippen molar-refractivity contribution in [2.75, 3.05) is 17.7 Å². The highest BCUT2D eigenvalue weighted by molar-refractivity contribution is 7.85. The highest BCUT2D eigenvalue weighted by Gasteiger charge is 2.25. The number of hydrogen-bond donors (Lipinski definition) is 1. The number of halogens is 1. The average Bonchev–Trinajstić information content (AvgIpc) is 2.90. The van der Waals surface area contributed by atoms with Gasteiger partial charge in [0.15, 0.2) is 5.82 Å². The number of aromatic nitrogens is 2. The molecule has 3 rings (SSSR count). The van der Waals surface area contributed by atoms with Crippen LogP contribution in [0.4, 0.5) is 11.5 Å². The lowest BCUT2D eigenvalue weighted by molar-refractivity contribution is -0.142. The van der Waals surface area contributed by atoms with E-state index in [1.807, 2.05) is 24.3 Å². The maximum Gasteiger partial charge on any atom is 0.310 e. The van der Waals surface area contributed by atoms with Gasteiger partial charge in [0, 0.05) is 17.9 Å². The molecule has 0 bridgehead atoms. The fourth-order valence-corrected chi connectivity index (χ4v) is 3.97. The molecule has 0 saturated heterocycles. The van der Waals surface area contributed by atoms with Crippen LogP contribution in [0, 0.1) is 0 Å². The first-order valence-electron chi connectivity index (χ1n) is 7.53. The Labute approximate surface area is 147 Å². The number of carbonyl (C=O) groups excluding carboxylic acids is 1. The minimum absolute atomic E-state index is 0.133. The molecule has 1 aromatic heterocycles. The van der Waals surface area contributed by atoms with Crippen molar-refractivity contribution in [2.24, 2.45) is 0 Å². The number of nitrogens with one attached hydrogen (secondary N) is 1. The number of aryl methyl sites for hydroxylation is 1. The molecular weight excluding hydrogens is 350 g/mol. The van der Waals surface area contributed by atoms with Crippen molar-refractivity contribution in [3.63, 3.8) is 0 Å². The van der Waals surface area contributed by atoms with E-state index in [-0.39, 0.29) is 17.7 Å². The van der Waals surface area contributed by atoms with Gasteiger partial charge in [-0.05, 0) is 36.2 Å². The Kier molecular flexibility index (Phi) is 5.11. The normalized spacial score (nSPS) is 15.8. The lowest BCUT2D eigenvalue weighted by Gasteiger charge is -2.10. The van der Waals surface area contributed by atoms with E-state index in [2.05, 4.69) is 15.3 Å². The molecule has 0 fully saturated rings. The zero-order valence-corrected chi connectivity index (χ0v) is 14.6. The number of nitrogens with zero attached hydrogens (tertiary/aromatic N) is 2. The number of hydrogen-bond acceptors (Lipinski definition) is 6. The molecule has 0 amide bonds. The van der Waals surface area contributed by atoms with Crippen LogP contribution >= 0.6 is 11.6 Å². The van der Waals surface area contributed by atoms with Crippen molar-refractivity contribution in [2.45, 2.75) is 24.7 Å². The molecule has 1 atom stereocenters. The molecule has 1 aliphatic heterocycles. The Bertz CT molecular complexity index is 796. The summed E-state index contributed by atoms with van der Waals surface area (Å²) >= 11 is 5.94. The summed E-state index contributed by atoms with van der Waals surface area (Å²) in [6.07, 6.45) is 0.865. The van der Waals surface area contributed by atoms with Crippen molar-refractivity contribution in [1.82, 2.24) is 9.97 Å². The van der Waals surface area contributed by atoms with E-state index in [0.717, 1.165) is 16.9 Å². The molecule has 2 aromatic rings. The van der Waals surface area contributed by atoms with Crippen LogP contribution in [0.5, 0.6) is 0 Å². The maximum atomic E-state index is 12.1. The third-order valence-corrected chi connectivity index (χ3v) is 5.16. The van der Waals surface area contributed by atoms with Gasteiger partial charge < -0.3 is 10.1 Å². The molecule has 1 aromatic carbocycles. The van der Waals surface area contributed by atoms with Crippen LogP contribution in [-0.4, -0.2) is 32.5 Å². The number of benzene rings is 1. The number of anilines is 2. The van der Waals surface area contributed by atoms with Crippen molar-refractivity contribution in [1.29, 1.82) is 0 Å². The first-order valence-corrected chi connectivity index (χ1v) is 9.23. The molecule has 0 saturated carbocycles. The van der Waals surface area contributed by atoms with Crippen LogP contribution in [0.1, 0.15) is 18.2 Å². The predicted molar refractivity (Wildman–Crippen MR) is 92.1 cm³/mol. The van der Waals surface area contributed by atoms with Crippen LogP contribution in [0.25, 0.3) is 0 Å². The number of esters is 1. The fraction of sp³-hybridized carbons (Fsp3) is 0.312.